The van der Waals surface area contributed by atoms with Gasteiger partial charge in [0.1, 0.15) is 5.75 Å². The molecule has 3 aromatic rings. The van der Waals surface area contributed by atoms with E-state index in [2.05, 4.69) is 15.5 Å². The number of halogens is 1. The third kappa shape index (κ3) is 4.38. The van der Waals surface area contributed by atoms with Crippen LogP contribution in [0.15, 0.2) is 58.8 Å². The number of benzene rings is 2. The second-order valence-corrected chi connectivity index (χ2v) is 8.77. The van der Waals surface area contributed by atoms with Gasteiger partial charge in [-0.2, -0.15) is 4.98 Å². The molecule has 34 heavy (non-hydrogen) atoms. The molecule has 0 aliphatic carbocycles. The van der Waals surface area contributed by atoms with Crippen molar-refractivity contribution < 1.29 is 18.8 Å². The fourth-order valence-electron chi connectivity index (χ4n) is 4.42. The number of methoxy groups -OCH3 is 1. The summed E-state index contributed by atoms with van der Waals surface area (Å²) in [6.07, 6.45) is 1.92. The number of nitrogens with one attached hydrogen (secondary N) is 1. The minimum Gasteiger partial charge on any atom is -0.497 e. The van der Waals surface area contributed by atoms with E-state index in [0.29, 0.717) is 35.6 Å². The maximum Gasteiger partial charge on any atom is 0.322 e. The Morgan fingerprint density at radius 1 is 1.24 bits per heavy atom. The van der Waals surface area contributed by atoms with Crippen LogP contribution in [0.1, 0.15) is 37.3 Å². The lowest BCUT2D eigenvalue weighted by Crippen LogP contribution is -2.48. The molecule has 5 rings (SSSR count). The first-order valence-corrected chi connectivity index (χ1v) is 11.6. The lowest BCUT2D eigenvalue weighted by atomic mass is 9.94. The van der Waals surface area contributed by atoms with Gasteiger partial charge in [-0.15, -0.1) is 0 Å². The van der Waals surface area contributed by atoms with Gasteiger partial charge < -0.3 is 19.3 Å². The Balaban J connectivity index is 1.57. The molecule has 2 atom stereocenters. The first-order valence-electron chi connectivity index (χ1n) is 11.2. The molecule has 1 fully saturated rings. The lowest BCUT2D eigenvalue weighted by Gasteiger charge is -2.36. The number of aromatic nitrogens is 2. The quantitative estimate of drug-likeness (QED) is 0.529. The molecule has 1 saturated heterocycles. The highest BCUT2D eigenvalue weighted by Gasteiger charge is 2.37. The smallest absolute Gasteiger partial charge is 0.322 e. The number of amides is 2. The van der Waals surface area contributed by atoms with Crippen LogP contribution in [0.25, 0.3) is 17.0 Å². The number of nitrogens with zero attached hydrogens (tertiary/aromatic N) is 3. The van der Waals surface area contributed by atoms with Crippen molar-refractivity contribution in [2.24, 2.45) is 0 Å². The van der Waals surface area contributed by atoms with E-state index < -0.39 is 6.04 Å². The molecule has 2 aliphatic heterocycles. The molecule has 2 amide bonds. The number of carbonyl (C=O) groups is 1. The van der Waals surface area contributed by atoms with Gasteiger partial charge in [-0.1, -0.05) is 41.0 Å². The lowest BCUT2D eigenvalue weighted by molar-refractivity contribution is 0.0877. The van der Waals surface area contributed by atoms with Gasteiger partial charge in [0.2, 0.25) is 5.82 Å². The fraction of sp³-hybridized carbons (Fsp3) is 0.320. The van der Waals surface area contributed by atoms with Crippen molar-refractivity contribution in [2.75, 3.05) is 20.3 Å². The summed E-state index contributed by atoms with van der Waals surface area (Å²) in [6, 6.07) is 14.2. The van der Waals surface area contributed by atoms with E-state index in [1.165, 1.54) is 0 Å². The average molecular weight is 481 g/mol. The zero-order valence-electron chi connectivity index (χ0n) is 19.0. The zero-order chi connectivity index (χ0) is 23.7. The van der Waals surface area contributed by atoms with E-state index >= 15 is 0 Å². The molecular weight excluding hydrogens is 456 g/mol. The highest BCUT2D eigenvalue weighted by atomic mass is 35.5. The van der Waals surface area contributed by atoms with E-state index in [-0.39, 0.29) is 12.1 Å². The maximum absolute atomic E-state index is 13.1. The highest BCUT2D eigenvalue weighted by Crippen LogP contribution is 2.38. The Hall–Kier alpha value is -3.36. The third-order valence-corrected chi connectivity index (χ3v) is 6.41. The minimum absolute atomic E-state index is 0.000278. The number of rotatable bonds is 6. The van der Waals surface area contributed by atoms with E-state index in [0.717, 1.165) is 35.2 Å². The van der Waals surface area contributed by atoms with Crippen molar-refractivity contribution in [1.29, 1.82) is 0 Å². The van der Waals surface area contributed by atoms with Crippen LogP contribution in [0.4, 0.5) is 4.79 Å². The molecule has 176 valence electrons. The van der Waals surface area contributed by atoms with Gasteiger partial charge in [-0.05, 0) is 49.6 Å². The van der Waals surface area contributed by atoms with Gasteiger partial charge in [-0.25, -0.2) is 4.79 Å². The van der Waals surface area contributed by atoms with Crippen molar-refractivity contribution >= 4 is 23.2 Å². The van der Waals surface area contributed by atoms with Gasteiger partial charge in [0.05, 0.1) is 31.4 Å². The first kappa shape index (κ1) is 22.4. The molecule has 2 aromatic carbocycles. The normalized spacial score (nSPS) is 20.6. The Kier molecular flexibility index (Phi) is 6.26. The molecule has 0 saturated carbocycles. The van der Waals surface area contributed by atoms with Crippen LogP contribution in [0.3, 0.4) is 0 Å². The molecular formula is C25H25ClN4O4. The second kappa shape index (κ2) is 9.48. The highest BCUT2D eigenvalue weighted by molar-refractivity contribution is 6.30. The van der Waals surface area contributed by atoms with Crippen LogP contribution in [0.2, 0.25) is 5.02 Å². The number of urea groups is 1. The number of carbonyl (C=O) groups excluding carboxylic acids is 1. The van der Waals surface area contributed by atoms with Crippen LogP contribution in [-0.2, 0) is 4.74 Å². The summed E-state index contributed by atoms with van der Waals surface area (Å²) < 4.78 is 16.8. The molecule has 0 radical (unpaired) electrons. The van der Waals surface area contributed by atoms with Crippen LogP contribution in [-0.4, -0.2) is 47.4 Å². The average Bonchev–Trinajstić information content (AvgIpc) is 3.54. The molecule has 0 spiro atoms. The van der Waals surface area contributed by atoms with Gasteiger partial charge in [0, 0.05) is 22.9 Å². The van der Waals surface area contributed by atoms with E-state index in [4.69, 9.17) is 25.6 Å². The number of hydrogen-bond acceptors (Lipinski definition) is 6. The van der Waals surface area contributed by atoms with E-state index in [9.17, 15) is 4.79 Å². The van der Waals surface area contributed by atoms with Crippen LogP contribution in [0, 0.1) is 0 Å². The molecule has 0 bridgehead atoms. The van der Waals surface area contributed by atoms with Crippen LogP contribution >= 0.6 is 11.6 Å². The van der Waals surface area contributed by atoms with Gasteiger partial charge in [0.25, 0.3) is 5.89 Å². The molecule has 2 unspecified atom stereocenters. The van der Waals surface area contributed by atoms with Crippen molar-refractivity contribution in [2.45, 2.75) is 31.9 Å². The predicted octanol–water partition coefficient (Wildman–Crippen LogP) is 5.08. The van der Waals surface area contributed by atoms with Gasteiger partial charge in [0.15, 0.2) is 0 Å². The summed E-state index contributed by atoms with van der Waals surface area (Å²) in [5, 5.41) is 7.88. The number of ether oxygens (including phenoxy) is 2. The first-order chi connectivity index (χ1) is 16.5. The second-order valence-electron chi connectivity index (χ2n) is 8.34. The Labute approximate surface area is 202 Å². The van der Waals surface area contributed by atoms with Gasteiger partial charge in [-0.3, -0.25) is 4.90 Å². The minimum atomic E-state index is -0.495. The molecule has 2 aliphatic rings. The number of hydrogen-bond donors (Lipinski definition) is 1. The molecule has 1 aromatic heterocycles. The molecule has 1 N–H and O–H groups in total. The Morgan fingerprint density at radius 2 is 2.09 bits per heavy atom. The van der Waals surface area contributed by atoms with Crippen LogP contribution < -0.4 is 10.1 Å². The zero-order valence-corrected chi connectivity index (χ0v) is 19.7. The van der Waals surface area contributed by atoms with Gasteiger partial charge >= 0.3 is 6.03 Å². The molecule has 9 heteroatoms. The molecule has 8 nitrogen and oxygen atoms in total. The fourth-order valence-corrected chi connectivity index (χ4v) is 4.62. The van der Waals surface area contributed by atoms with Crippen LogP contribution in [0.5, 0.6) is 5.75 Å². The Morgan fingerprint density at radius 3 is 2.85 bits per heavy atom. The van der Waals surface area contributed by atoms with E-state index in [1.807, 2.05) is 49.4 Å². The number of allylic oxidation sites excluding steroid dienone is 1. The summed E-state index contributed by atoms with van der Waals surface area (Å²) in [5.41, 5.74) is 3.06. The van der Waals surface area contributed by atoms with Crippen molar-refractivity contribution in [3.8, 4) is 17.1 Å². The summed E-state index contributed by atoms with van der Waals surface area (Å²) in [4.78, 5) is 19.5. The maximum atomic E-state index is 13.1. The summed E-state index contributed by atoms with van der Waals surface area (Å²) >= 11 is 6.27. The largest absolute Gasteiger partial charge is 0.497 e. The van der Waals surface area contributed by atoms with Crippen molar-refractivity contribution in [3.05, 3.63) is 70.7 Å². The monoisotopic (exact) mass is 480 g/mol. The SMILES string of the molecule is COc1cccc(-c2noc(C3=C(C)N(CC4CCCO4)C(=O)NC3c3cccc(Cl)c3)n2)c1. The molecule has 3 heterocycles. The van der Waals surface area contributed by atoms with Crippen molar-refractivity contribution in [1.82, 2.24) is 20.4 Å². The van der Waals surface area contributed by atoms with E-state index in [1.54, 1.807) is 18.1 Å². The van der Waals surface area contributed by atoms with Crippen molar-refractivity contribution in [3.63, 3.8) is 0 Å². The Bertz CT molecular complexity index is 1230. The summed E-state index contributed by atoms with van der Waals surface area (Å²) in [5.74, 6) is 1.46. The topological polar surface area (TPSA) is 89.7 Å². The summed E-state index contributed by atoms with van der Waals surface area (Å²) in [7, 11) is 1.61. The third-order valence-electron chi connectivity index (χ3n) is 6.17. The summed E-state index contributed by atoms with van der Waals surface area (Å²) in [6.45, 7) is 3.07. The predicted molar refractivity (Wildman–Crippen MR) is 127 cm³/mol. The standard InChI is InChI=1S/C25H25ClN4O4/c1-15-21(24-28-23(29-34-24)17-7-4-9-19(13-17)32-2)22(16-6-3-8-18(26)12-16)27-25(31)30(15)14-20-10-5-11-33-20/h3-4,6-9,12-13,20,22H,5,10-11,14H2,1-2H3,(H,27,31).